The SMILES string of the molecule is C=CCOC(=O)N(C)[C@H](Cc1ccccc1)C(=O)O. The Balaban J connectivity index is 2.74. The third-order valence-electron chi connectivity index (χ3n) is 2.64. The van der Waals surface area contributed by atoms with E-state index in [9.17, 15) is 14.7 Å². The van der Waals surface area contributed by atoms with E-state index in [2.05, 4.69) is 6.58 Å². The summed E-state index contributed by atoms with van der Waals surface area (Å²) in [7, 11) is 1.41. The van der Waals surface area contributed by atoms with Crippen LogP contribution in [-0.4, -0.2) is 41.8 Å². The van der Waals surface area contributed by atoms with Gasteiger partial charge in [-0.05, 0) is 5.56 Å². The van der Waals surface area contributed by atoms with E-state index < -0.39 is 18.1 Å². The maximum atomic E-state index is 11.6. The van der Waals surface area contributed by atoms with E-state index in [0.29, 0.717) is 0 Å². The summed E-state index contributed by atoms with van der Waals surface area (Å²) in [6.07, 6.45) is 0.984. The Morgan fingerprint density at radius 2 is 2.05 bits per heavy atom. The van der Waals surface area contributed by atoms with Gasteiger partial charge in [-0.25, -0.2) is 9.59 Å². The average Bonchev–Trinajstić information content (AvgIpc) is 2.42. The zero-order chi connectivity index (χ0) is 14.3. The Hall–Kier alpha value is -2.30. The molecule has 1 N–H and O–H groups in total. The predicted octanol–water partition coefficient (Wildman–Crippen LogP) is 1.94. The topological polar surface area (TPSA) is 66.8 Å². The number of amides is 1. The molecule has 102 valence electrons. The molecule has 5 heteroatoms. The van der Waals surface area contributed by atoms with E-state index in [1.165, 1.54) is 13.1 Å². The molecule has 0 saturated carbocycles. The Morgan fingerprint density at radius 3 is 2.58 bits per heavy atom. The fourth-order valence-electron chi connectivity index (χ4n) is 1.59. The first kappa shape index (κ1) is 14.8. The summed E-state index contributed by atoms with van der Waals surface area (Å²) in [6, 6.07) is 8.17. The number of carbonyl (C=O) groups excluding carboxylic acids is 1. The van der Waals surface area contributed by atoms with Crippen LogP contribution in [-0.2, 0) is 16.0 Å². The van der Waals surface area contributed by atoms with Gasteiger partial charge in [0.2, 0.25) is 0 Å². The van der Waals surface area contributed by atoms with Gasteiger partial charge in [0.25, 0.3) is 0 Å². The van der Waals surface area contributed by atoms with Crippen molar-refractivity contribution in [1.29, 1.82) is 0 Å². The lowest BCUT2D eigenvalue weighted by molar-refractivity contribution is -0.142. The first-order valence-corrected chi connectivity index (χ1v) is 5.83. The number of rotatable bonds is 6. The molecule has 1 aromatic rings. The average molecular weight is 263 g/mol. The van der Waals surface area contributed by atoms with E-state index in [4.69, 9.17) is 4.74 Å². The molecule has 0 saturated heterocycles. The van der Waals surface area contributed by atoms with Crippen molar-refractivity contribution in [2.45, 2.75) is 12.5 Å². The van der Waals surface area contributed by atoms with Crippen molar-refractivity contribution in [3.05, 3.63) is 48.6 Å². The molecule has 0 aliphatic carbocycles. The van der Waals surface area contributed by atoms with Crippen molar-refractivity contribution in [2.24, 2.45) is 0 Å². The van der Waals surface area contributed by atoms with Gasteiger partial charge in [-0.1, -0.05) is 43.0 Å². The quantitative estimate of drug-likeness (QED) is 0.796. The van der Waals surface area contributed by atoms with E-state index in [1.54, 1.807) is 0 Å². The summed E-state index contributed by atoms with van der Waals surface area (Å²) in [6.45, 7) is 3.48. The minimum absolute atomic E-state index is 0.0564. The van der Waals surface area contributed by atoms with Crippen LogP contribution < -0.4 is 0 Å². The van der Waals surface area contributed by atoms with Crippen LogP contribution >= 0.6 is 0 Å². The molecule has 0 spiro atoms. The monoisotopic (exact) mass is 263 g/mol. The highest BCUT2D eigenvalue weighted by Gasteiger charge is 2.27. The van der Waals surface area contributed by atoms with E-state index in [-0.39, 0.29) is 13.0 Å². The normalized spacial score (nSPS) is 11.4. The zero-order valence-corrected chi connectivity index (χ0v) is 10.8. The second-order valence-corrected chi connectivity index (χ2v) is 4.02. The fourth-order valence-corrected chi connectivity index (χ4v) is 1.59. The summed E-state index contributed by atoms with van der Waals surface area (Å²) < 4.78 is 4.83. The van der Waals surface area contributed by atoms with Crippen LogP contribution in [0.25, 0.3) is 0 Å². The highest BCUT2D eigenvalue weighted by atomic mass is 16.6. The second kappa shape index (κ2) is 7.20. The Labute approximate surface area is 112 Å². The Kier molecular flexibility index (Phi) is 5.60. The number of carboxylic acids is 1. The van der Waals surface area contributed by atoms with Crippen LogP contribution in [0.1, 0.15) is 5.56 Å². The van der Waals surface area contributed by atoms with Crippen molar-refractivity contribution < 1.29 is 19.4 Å². The minimum atomic E-state index is -1.07. The third-order valence-corrected chi connectivity index (χ3v) is 2.64. The standard InChI is InChI=1S/C14H17NO4/c1-3-9-19-14(18)15(2)12(13(16)17)10-11-7-5-4-6-8-11/h3-8,12H,1,9-10H2,2H3,(H,16,17)/t12-/m1/s1. The molecule has 1 rings (SSSR count). The molecule has 1 amide bonds. The smallest absolute Gasteiger partial charge is 0.410 e. The van der Waals surface area contributed by atoms with Crippen LogP contribution in [0.5, 0.6) is 0 Å². The molecule has 0 aliphatic rings. The molecule has 1 atom stereocenters. The van der Waals surface area contributed by atoms with Gasteiger partial charge in [0.05, 0.1) is 0 Å². The van der Waals surface area contributed by atoms with Crippen molar-refractivity contribution >= 4 is 12.1 Å². The van der Waals surface area contributed by atoms with Gasteiger partial charge in [-0.3, -0.25) is 4.90 Å². The first-order chi connectivity index (χ1) is 9.06. The van der Waals surface area contributed by atoms with E-state index >= 15 is 0 Å². The van der Waals surface area contributed by atoms with Crippen molar-refractivity contribution in [3.63, 3.8) is 0 Å². The summed E-state index contributed by atoms with van der Waals surface area (Å²) in [4.78, 5) is 24.0. The van der Waals surface area contributed by atoms with Gasteiger partial charge in [-0.15, -0.1) is 0 Å². The molecular formula is C14H17NO4. The molecule has 0 aromatic heterocycles. The number of hydrogen-bond acceptors (Lipinski definition) is 3. The molecule has 0 bridgehead atoms. The number of aliphatic carboxylic acids is 1. The number of nitrogens with zero attached hydrogens (tertiary/aromatic N) is 1. The lowest BCUT2D eigenvalue weighted by Crippen LogP contribution is -2.44. The van der Waals surface area contributed by atoms with Crippen molar-refractivity contribution in [1.82, 2.24) is 4.90 Å². The second-order valence-electron chi connectivity index (χ2n) is 4.02. The molecule has 0 heterocycles. The zero-order valence-electron chi connectivity index (χ0n) is 10.8. The molecule has 0 aliphatic heterocycles. The van der Waals surface area contributed by atoms with Gasteiger partial charge in [0.15, 0.2) is 0 Å². The van der Waals surface area contributed by atoms with Gasteiger partial charge in [0.1, 0.15) is 12.6 Å². The molecule has 5 nitrogen and oxygen atoms in total. The lowest BCUT2D eigenvalue weighted by atomic mass is 10.1. The van der Waals surface area contributed by atoms with Crippen LogP contribution in [0.15, 0.2) is 43.0 Å². The van der Waals surface area contributed by atoms with Crippen LogP contribution in [0, 0.1) is 0 Å². The molecule has 19 heavy (non-hydrogen) atoms. The number of hydrogen-bond donors (Lipinski definition) is 1. The third kappa shape index (κ3) is 4.46. The molecule has 0 fully saturated rings. The van der Waals surface area contributed by atoms with Gasteiger partial charge in [-0.2, -0.15) is 0 Å². The van der Waals surface area contributed by atoms with E-state index in [1.807, 2.05) is 30.3 Å². The van der Waals surface area contributed by atoms with Crippen LogP contribution in [0.4, 0.5) is 4.79 Å². The number of likely N-dealkylation sites (N-methyl/N-ethyl adjacent to an activating group) is 1. The largest absolute Gasteiger partial charge is 0.480 e. The first-order valence-electron chi connectivity index (χ1n) is 5.83. The fraction of sp³-hybridized carbons (Fsp3) is 0.286. The lowest BCUT2D eigenvalue weighted by Gasteiger charge is -2.24. The van der Waals surface area contributed by atoms with Crippen molar-refractivity contribution in [2.75, 3.05) is 13.7 Å². The predicted molar refractivity (Wildman–Crippen MR) is 70.9 cm³/mol. The highest BCUT2D eigenvalue weighted by Crippen LogP contribution is 2.09. The summed E-state index contributed by atoms with van der Waals surface area (Å²) in [5, 5.41) is 9.21. The number of ether oxygens (including phenoxy) is 1. The van der Waals surface area contributed by atoms with Gasteiger partial charge in [0, 0.05) is 13.5 Å². The Morgan fingerprint density at radius 1 is 1.42 bits per heavy atom. The number of carboxylic acid groups (broad SMARTS) is 1. The summed E-state index contributed by atoms with van der Waals surface area (Å²) in [5.74, 6) is -1.07. The minimum Gasteiger partial charge on any atom is -0.480 e. The summed E-state index contributed by atoms with van der Waals surface area (Å²) in [5.41, 5.74) is 0.846. The summed E-state index contributed by atoms with van der Waals surface area (Å²) >= 11 is 0. The Bertz CT molecular complexity index is 444. The molecule has 0 unspecified atom stereocenters. The van der Waals surface area contributed by atoms with E-state index in [0.717, 1.165) is 10.5 Å². The molecular weight excluding hydrogens is 246 g/mol. The van der Waals surface area contributed by atoms with Gasteiger partial charge >= 0.3 is 12.1 Å². The highest BCUT2D eigenvalue weighted by molar-refractivity contribution is 5.80. The molecule has 0 radical (unpaired) electrons. The van der Waals surface area contributed by atoms with Gasteiger partial charge < -0.3 is 9.84 Å². The van der Waals surface area contributed by atoms with Crippen LogP contribution in [0.3, 0.4) is 0 Å². The maximum absolute atomic E-state index is 11.6. The van der Waals surface area contributed by atoms with Crippen LogP contribution in [0.2, 0.25) is 0 Å². The number of carbonyl (C=O) groups is 2. The maximum Gasteiger partial charge on any atom is 0.410 e. The van der Waals surface area contributed by atoms with Crippen molar-refractivity contribution in [3.8, 4) is 0 Å². The molecule has 1 aromatic carbocycles. The number of benzene rings is 1.